The Kier molecular flexibility index (Phi) is 3.56. The van der Waals surface area contributed by atoms with Gasteiger partial charge in [-0.25, -0.2) is 4.98 Å². The first kappa shape index (κ1) is 11.1. The SMILES string of the molecule is Nc1nc(CNC(=O)C2CC=CCC2)cs1. The van der Waals surface area contributed by atoms with Crippen molar-refractivity contribution in [3.63, 3.8) is 0 Å². The van der Waals surface area contributed by atoms with Crippen molar-refractivity contribution < 1.29 is 4.79 Å². The minimum absolute atomic E-state index is 0.121. The topological polar surface area (TPSA) is 68.0 Å². The number of allylic oxidation sites excluding steroid dienone is 2. The smallest absolute Gasteiger partial charge is 0.223 e. The highest BCUT2D eigenvalue weighted by Crippen LogP contribution is 2.18. The molecule has 0 aliphatic heterocycles. The maximum Gasteiger partial charge on any atom is 0.223 e. The lowest BCUT2D eigenvalue weighted by Gasteiger charge is -2.16. The monoisotopic (exact) mass is 237 g/mol. The zero-order valence-corrected chi connectivity index (χ0v) is 9.80. The number of anilines is 1. The maximum absolute atomic E-state index is 11.8. The van der Waals surface area contributed by atoms with Crippen LogP contribution in [0.15, 0.2) is 17.5 Å². The van der Waals surface area contributed by atoms with Crippen molar-refractivity contribution >= 4 is 22.4 Å². The average Bonchev–Trinajstić information content (AvgIpc) is 2.73. The molecular weight excluding hydrogens is 222 g/mol. The number of nitrogens with one attached hydrogen (secondary N) is 1. The molecule has 4 nitrogen and oxygen atoms in total. The summed E-state index contributed by atoms with van der Waals surface area (Å²) in [6, 6.07) is 0. The molecule has 86 valence electrons. The van der Waals surface area contributed by atoms with Crippen molar-refractivity contribution in [1.29, 1.82) is 0 Å². The number of nitrogens with two attached hydrogens (primary N) is 1. The molecule has 1 amide bonds. The number of rotatable bonds is 3. The Morgan fingerprint density at radius 2 is 2.50 bits per heavy atom. The molecule has 0 aromatic carbocycles. The van der Waals surface area contributed by atoms with Crippen LogP contribution in [0.25, 0.3) is 0 Å². The van der Waals surface area contributed by atoms with Crippen molar-refractivity contribution in [1.82, 2.24) is 10.3 Å². The number of carbonyl (C=O) groups is 1. The van der Waals surface area contributed by atoms with Gasteiger partial charge < -0.3 is 11.1 Å². The molecular formula is C11H15N3OS. The highest BCUT2D eigenvalue weighted by atomic mass is 32.1. The molecule has 1 aromatic rings. The Morgan fingerprint density at radius 1 is 1.62 bits per heavy atom. The summed E-state index contributed by atoms with van der Waals surface area (Å²) in [5.74, 6) is 0.247. The van der Waals surface area contributed by atoms with E-state index in [0.717, 1.165) is 25.0 Å². The molecule has 0 fully saturated rings. The lowest BCUT2D eigenvalue weighted by Crippen LogP contribution is -2.30. The standard InChI is InChI=1S/C11H15N3OS/c12-11-14-9(7-16-11)6-13-10(15)8-4-2-1-3-5-8/h1-2,7-8H,3-6H2,(H2,12,14)(H,13,15). The summed E-state index contributed by atoms with van der Waals surface area (Å²) in [4.78, 5) is 15.9. The van der Waals surface area contributed by atoms with E-state index in [0.29, 0.717) is 11.7 Å². The molecule has 5 heteroatoms. The second kappa shape index (κ2) is 5.12. The summed E-state index contributed by atoms with van der Waals surface area (Å²) >= 11 is 1.40. The van der Waals surface area contributed by atoms with Crippen LogP contribution in [-0.4, -0.2) is 10.9 Å². The Balaban J connectivity index is 1.81. The van der Waals surface area contributed by atoms with Crippen molar-refractivity contribution in [2.75, 3.05) is 5.73 Å². The van der Waals surface area contributed by atoms with Crippen LogP contribution < -0.4 is 11.1 Å². The zero-order chi connectivity index (χ0) is 11.4. The van der Waals surface area contributed by atoms with Crippen molar-refractivity contribution in [3.8, 4) is 0 Å². The predicted octanol–water partition coefficient (Wildman–Crippen LogP) is 1.70. The first-order chi connectivity index (χ1) is 7.75. The van der Waals surface area contributed by atoms with Crippen LogP contribution in [0, 0.1) is 5.92 Å². The Morgan fingerprint density at radius 3 is 3.12 bits per heavy atom. The van der Waals surface area contributed by atoms with Crippen LogP contribution in [0.1, 0.15) is 25.0 Å². The third-order valence-corrected chi connectivity index (χ3v) is 3.38. The molecule has 16 heavy (non-hydrogen) atoms. The average molecular weight is 237 g/mol. The van der Waals surface area contributed by atoms with E-state index in [-0.39, 0.29) is 11.8 Å². The van der Waals surface area contributed by atoms with E-state index in [9.17, 15) is 4.79 Å². The Bertz CT molecular complexity index is 400. The van der Waals surface area contributed by atoms with E-state index in [1.54, 1.807) is 0 Å². The number of nitrogens with zero attached hydrogens (tertiary/aromatic N) is 1. The van der Waals surface area contributed by atoms with E-state index < -0.39 is 0 Å². The van der Waals surface area contributed by atoms with E-state index in [1.165, 1.54) is 11.3 Å². The zero-order valence-electron chi connectivity index (χ0n) is 8.98. The Labute approximate surface area is 98.6 Å². The summed E-state index contributed by atoms with van der Waals surface area (Å²) < 4.78 is 0. The molecule has 0 spiro atoms. The second-order valence-electron chi connectivity index (χ2n) is 3.88. The minimum atomic E-state index is 0.121. The predicted molar refractivity (Wildman–Crippen MR) is 64.9 cm³/mol. The fourth-order valence-electron chi connectivity index (χ4n) is 1.76. The number of nitrogen functional groups attached to an aromatic ring is 1. The number of carbonyl (C=O) groups excluding carboxylic acids is 1. The van der Waals surface area contributed by atoms with Gasteiger partial charge in [0.15, 0.2) is 5.13 Å². The first-order valence-electron chi connectivity index (χ1n) is 5.38. The molecule has 1 aliphatic rings. The van der Waals surface area contributed by atoms with E-state index in [1.807, 2.05) is 5.38 Å². The van der Waals surface area contributed by atoms with Crippen LogP contribution in [0.4, 0.5) is 5.13 Å². The molecule has 1 heterocycles. The summed E-state index contributed by atoms with van der Waals surface area (Å²) in [7, 11) is 0. The third-order valence-electron chi connectivity index (χ3n) is 2.65. The van der Waals surface area contributed by atoms with Crippen molar-refractivity contribution in [2.24, 2.45) is 5.92 Å². The number of hydrogen-bond acceptors (Lipinski definition) is 4. The van der Waals surface area contributed by atoms with Crippen molar-refractivity contribution in [2.45, 2.75) is 25.8 Å². The van der Waals surface area contributed by atoms with Gasteiger partial charge in [-0.1, -0.05) is 12.2 Å². The number of aromatic nitrogens is 1. The highest BCUT2D eigenvalue weighted by Gasteiger charge is 2.18. The summed E-state index contributed by atoms with van der Waals surface area (Å²) in [6.07, 6.45) is 7.01. The van der Waals surface area contributed by atoms with Gasteiger partial charge in [0, 0.05) is 11.3 Å². The van der Waals surface area contributed by atoms with E-state index in [4.69, 9.17) is 5.73 Å². The van der Waals surface area contributed by atoms with Crippen molar-refractivity contribution in [3.05, 3.63) is 23.2 Å². The van der Waals surface area contributed by atoms with Gasteiger partial charge in [-0.05, 0) is 19.3 Å². The van der Waals surface area contributed by atoms with Crippen LogP contribution in [0.2, 0.25) is 0 Å². The van der Waals surface area contributed by atoms with Gasteiger partial charge in [0.25, 0.3) is 0 Å². The third kappa shape index (κ3) is 2.82. The lowest BCUT2D eigenvalue weighted by atomic mass is 9.94. The second-order valence-corrected chi connectivity index (χ2v) is 4.77. The molecule has 0 bridgehead atoms. The fraction of sp³-hybridized carbons (Fsp3) is 0.455. The largest absolute Gasteiger partial charge is 0.375 e. The molecule has 1 atom stereocenters. The molecule has 0 saturated heterocycles. The quantitative estimate of drug-likeness (QED) is 0.786. The number of thiazole rings is 1. The molecule has 1 aliphatic carbocycles. The van der Waals surface area contributed by atoms with Gasteiger partial charge in [-0.2, -0.15) is 0 Å². The van der Waals surface area contributed by atoms with E-state index >= 15 is 0 Å². The molecule has 0 saturated carbocycles. The molecule has 1 aromatic heterocycles. The molecule has 0 radical (unpaired) electrons. The van der Waals surface area contributed by atoms with Gasteiger partial charge in [0.2, 0.25) is 5.91 Å². The summed E-state index contributed by atoms with van der Waals surface area (Å²) in [5, 5.41) is 5.32. The minimum Gasteiger partial charge on any atom is -0.375 e. The molecule has 2 rings (SSSR count). The fourth-order valence-corrected chi connectivity index (χ4v) is 2.32. The molecule has 1 unspecified atom stereocenters. The number of amides is 1. The van der Waals surface area contributed by atoms with Crippen LogP contribution in [0.5, 0.6) is 0 Å². The van der Waals surface area contributed by atoms with Crippen LogP contribution in [-0.2, 0) is 11.3 Å². The summed E-state index contributed by atoms with van der Waals surface area (Å²) in [6.45, 7) is 0.479. The molecule has 3 N–H and O–H groups in total. The van der Waals surface area contributed by atoms with Gasteiger partial charge in [-0.15, -0.1) is 11.3 Å². The normalized spacial score (nSPS) is 19.6. The van der Waals surface area contributed by atoms with Gasteiger partial charge in [-0.3, -0.25) is 4.79 Å². The lowest BCUT2D eigenvalue weighted by molar-refractivity contribution is -0.125. The maximum atomic E-state index is 11.8. The first-order valence-corrected chi connectivity index (χ1v) is 6.26. The Hall–Kier alpha value is -1.36. The van der Waals surface area contributed by atoms with Gasteiger partial charge >= 0.3 is 0 Å². The number of hydrogen-bond donors (Lipinski definition) is 2. The van der Waals surface area contributed by atoms with Gasteiger partial charge in [0.1, 0.15) is 0 Å². The van der Waals surface area contributed by atoms with Crippen LogP contribution >= 0.6 is 11.3 Å². The van der Waals surface area contributed by atoms with Gasteiger partial charge in [0.05, 0.1) is 12.2 Å². The van der Waals surface area contributed by atoms with Crippen LogP contribution in [0.3, 0.4) is 0 Å². The highest BCUT2D eigenvalue weighted by molar-refractivity contribution is 7.13. The summed E-state index contributed by atoms with van der Waals surface area (Å²) in [5.41, 5.74) is 6.35. The van der Waals surface area contributed by atoms with E-state index in [2.05, 4.69) is 22.5 Å².